The molecule has 5 rings (SSSR count). The first kappa shape index (κ1) is 21.0. The quantitative estimate of drug-likeness (QED) is 0.541. The first-order valence-corrected chi connectivity index (χ1v) is 10.6. The molecule has 33 heavy (non-hydrogen) atoms. The second-order valence-corrected chi connectivity index (χ2v) is 8.04. The lowest BCUT2D eigenvalue weighted by atomic mass is 10.00. The summed E-state index contributed by atoms with van der Waals surface area (Å²) in [6, 6.07) is 11.3. The summed E-state index contributed by atoms with van der Waals surface area (Å²) in [5.74, 6) is 2.70. The zero-order valence-electron chi connectivity index (χ0n) is 18.8. The Morgan fingerprint density at radius 2 is 1.85 bits per heavy atom. The fourth-order valence-corrected chi connectivity index (χ4v) is 4.24. The van der Waals surface area contributed by atoms with E-state index in [2.05, 4.69) is 9.88 Å². The number of nitrogens with zero attached hydrogens (tertiary/aromatic N) is 2. The molecule has 168 valence electrons. The van der Waals surface area contributed by atoms with E-state index in [0.717, 1.165) is 34.5 Å². The van der Waals surface area contributed by atoms with Gasteiger partial charge in [0.25, 0.3) is 0 Å². The van der Waals surface area contributed by atoms with Crippen LogP contribution in [0.5, 0.6) is 23.0 Å². The van der Waals surface area contributed by atoms with Gasteiger partial charge in [0.2, 0.25) is 5.78 Å². The molecule has 0 atom stereocenters. The number of carbonyl (C=O) groups is 1. The summed E-state index contributed by atoms with van der Waals surface area (Å²) in [5, 5.41) is 0. The lowest BCUT2D eigenvalue weighted by molar-refractivity contribution is 0.0876. The second kappa shape index (κ2) is 8.60. The average molecular weight is 444 g/mol. The van der Waals surface area contributed by atoms with Crippen molar-refractivity contribution in [3.63, 3.8) is 0 Å². The van der Waals surface area contributed by atoms with Crippen molar-refractivity contribution in [2.75, 3.05) is 21.0 Å². The van der Waals surface area contributed by atoms with Crippen molar-refractivity contribution in [3.8, 4) is 23.0 Å². The third kappa shape index (κ3) is 3.91. The number of ketones is 1. The monoisotopic (exact) mass is 444 g/mol. The Hall–Kier alpha value is -3.84. The van der Waals surface area contributed by atoms with Crippen LogP contribution < -0.4 is 18.9 Å². The summed E-state index contributed by atoms with van der Waals surface area (Å²) in [6.45, 7) is 3.83. The normalized spacial score (nSPS) is 16.1. The van der Waals surface area contributed by atoms with Gasteiger partial charge in [-0.15, -0.1) is 0 Å². The topological polar surface area (TPSA) is 70.1 Å². The molecule has 0 spiro atoms. The van der Waals surface area contributed by atoms with Crippen LogP contribution in [0.2, 0.25) is 0 Å². The van der Waals surface area contributed by atoms with E-state index in [1.165, 1.54) is 0 Å². The first-order valence-electron chi connectivity index (χ1n) is 10.6. The maximum Gasteiger partial charge on any atom is 0.231 e. The van der Waals surface area contributed by atoms with E-state index in [4.69, 9.17) is 18.9 Å². The number of fused-ring (bicyclic) bond motifs is 2. The fourth-order valence-electron chi connectivity index (χ4n) is 4.24. The molecular weight excluding hydrogens is 420 g/mol. The number of allylic oxidation sites excluding steroid dienone is 1. The Balaban J connectivity index is 1.42. The highest BCUT2D eigenvalue weighted by atomic mass is 16.5. The van der Waals surface area contributed by atoms with Crippen LogP contribution >= 0.6 is 0 Å². The molecule has 7 nitrogen and oxygen atoms in total. The third-order valence-corrected chi connectivity index (χ3v) is 5.86. The summed E-state index contributed by atoms with van der Waals surface area (Å²) >= 11 is 0. The Bertz CT molecular complexity index is 1250. The predicted octanol–water partition coefficient (Wildman–Crippen LogP) is 4.38. The van der Waals surface area contributed by atoms with E-state index < -0.39 is 0 Å². The van der Waals surface area contributed by atoms with Crippen molar-refractivity contribution in [1.29, 1.82) is 0 Å². The van der Waals surface area contributed by atoms with Crippen LogP contribution in [0.25, 0.3) is 6.08 Å². The molecule has 0 amide bonds. The highest BCUT2D eigenvalue weighted by Gasteiger charge is 2.33. The first-order chi connectivity index (χ1) is 16.1. The minimum absolute atomic E-state index is 0.142. The van der Waals surface area contributed by atoms with Crippen LogP contribution in [0.3, 0.4) is 0 Å². The molecule has 0 bridgehead atoms. The molecule has 0 fully saturated rings. The van der Waals surface area contributed by atoms with Gasteiger partial charge in [-0.2, -0.15) is 0 Å². The Morgan fingerprint density at radius 1 is 1.06 bits per heavy atom. The lowest BCUT2D eigenvalue weighted by Crippen LogP contribution is -2.32. The number of ether oxygens (including phenoxy) is 4. The number of hydrogen-bond donors (Lipinski definition) is 0. The zero-order chi connectivity index (χ0) is 22.9. The number of benzene rings is 2. The molecular formula is C26H24N2O5. The lowest BCUT2D eigenvalue weighted by Gasteiger charge is -2.30. The molecule has 0 radical (unpaired) electrons. The van der Waals surface area contributed by atoms with Crippen molar-refractivity contribution in [1.82, 2.24) is 9.88 Å². The second-order valence-electron chi connectivity index (χ2n) is 8.04. The molecule has 0 saturated carbocycles. The number of rotatable bonds is 5. The molecule has 0 N–H and O–H groups in total. The summed E-state index contributed by atoms with van der Waals surface area (Å²) in [6.07, 6.45) is 5.29. The summed E-state index contributed by atoms with van der Waals surface area (Å²) in [5.41, 5.74) is 4.33. The van der Waals surface area contributed by atoms with Gasteiger partial charge in [0.05, 0.1) is 19.8 Å². The van der Waals surface area contributed by atoms with Crippen molar-refractivity contribution in [2.24, 2.45) is 0 Å². The van der Waals surface area contributed by atoms with Gasteiger partial charge in [0.1, 0.15) is 18.2 Å². The van der Waals surface area contributed by atoms with Gasteiger partial charge >= 0.3 is 0 Å². The molecule has 1 aromatic heterocycles. The van der Waals surface area contributed by atoms with Gasteiger partial charge in [-0.05, 0) is 54.5 Å². The number of methoxy groups -OCH3 is 2. The molecule has 0 unspecified atom stereocenters. The summed E-state index contributed by atoms with van der Waals surface area (Å²) < 4.78 is 22.7. The smallest absolute Gasteiger partial charge is 0.231 e. The zero-order valence-corrected chi connectivity index (χ0v) is 18.8. The number of hydrogen-bond acceptors (Lipinski definition) is 7. The van der Waals surface area contributed by atoms with E-state index in [9.17, 15) is 4.79 Å². The Labute approximate surface area is 192 Å². The molecule has 0 aliphatic carbocycles. The van der Waals surface area contributed by atoms with Crippen molar-refractivity contribution in [3.05, 3.63) is 82.4 Å². The molecule has 2 aliphatic heterocycles. The van der Waals surface area contributed by atoms with Gasteiger partial charge in [0, 0.05) is 36.6 Å². The molecule has 2 aromatic carbocycles. The van der Waals surface area contributed by atoms with Gasteiger partial charge in [-0.25, -0.2) is 0 Å². The molecule has 3 aromatic rings. The SMILES string of the molecule is COc1ccc(/C=C2/Oc3c(cc4c(c3C)OCN(Cc3ccncc3)C4)C2=O)cc1OC. The minimum Gasteiger partial charge on any atom is -0.493 e. The standard InChI is InChI=1S/C26H24N2O5/c1-16-25-19(14-28(15-32-25)13-17-6-8-27-9-7-17)12-20-24(29)23(33-26(16)20)11-18-4-5-21(30-2)22(10-18)31-3/h4-12H,13-15H2,1-3H3/b23-11+. The summed E-state index contributed by atoms with van der Waals surface area (Å²) in [7, 11) is 3.16. The third-order valence-electron chi connectivity index (χ3n) is 5.86. The van der Waals surface area contributed by atoms with E-state index in [-0.39, 0.29) is 11.5 Å². The van der Waals surface area contributed by atoms with Gasteiger partial charge in [-0.3, -0.25) is 14.7 Å². The van der Waals surface area contributed by atoms with Gasteiger partial charge < -0.3 is 18.9 Å². The molecule has 7 heteroatoms. The van der Waals surface area contributed by atoms with E-state index >= 15 is 0 Å². The highest BCUT2D eigenvalue weighted by molar-refractivity contribution is 6.15. The van der Waals surface area contributed by atoms with Crippen LogP contribution in [0, 0.1) is 6.92 Å². The fraction of sp³-hybridized carbons (Fsp3) is 0.231. The molecule has 0 saturated heterocycles. The summed E-state index contributed by atoms with van der Waals surface area (Å²) in [4.78, 5) is 19.4. The predicted molar refractivity (Wildman–Crippen MR) is 123 cm³/mol. The van der Waals surface area contributed by atoms with Gasteiger partial charge in [-0.1, -0.05) is 6.07 Å². The number of Topliss-reactive ketones (excluding diaryl/α,β-unsaturated/α-hetero) is 1. The van der Waals surface area contributed by atoms with Crippen LogP contribution in [0.15, 0.2) is 54.6 Å². The van der Waals surface area contributed by atoms with Crippen LogP contribution in [-0.2, 0) is 13.1 Å². The maximum atomic E-state index is 13.2. The maximum absolute atomic E-state index is 13.2. The number of carbonyl (C=O) groups excluding carboxylic acids is 1. The Morgan fingerprint density at radius 3 is 2.61 bits per heavy atom. The van der Waals surface area contributed by atoms with Gasteiger partial charge in [0.15, 0.2) is 17.3 Å². The minimum atomic E-state index is -0.142. The Kier molecular flexibility index (Phi) is 5.48. The molecule has 3 heterocycles. The largest absolute Gasteiger partial charge is 0.493 e. The highest BCUT2D eigenvalue weighted by Crippen LogP contribution is 2.43. The number of pyridine rings is 1. The van der Waals surface area contributed by atoms with Crippen molar-refractivity contribution < 1.29 is 23.7 Å². The van der Waals surface area contributed by atoms with Crippen LogP contribution in [-0.4, -0.2) is 36.6 Å². The van der Waals surface area contributed by atoms with E-state index in [0.29, 0.717) is 36.1 Å². The van der Waals surface area contributed by atoms with E-state index in [1.807, 2.05) is 37.3 Å². The van der Waals surface area contributed by atoms with Crippen molar-refractivity contribution >= 4 is 11.9 Å². The van der Waals surface area contributed by atoms with Crippen LogP contribution in [0.1, 0.15) is 32.6 Å². The molecule has 2 aliphatic rings. The number of aromatic nitrogens is 1. The van der Waals surface area contributed by atoms with Crippen LogP contribution in [0.4, 0.5) is 0 Å². The average Bonchev–Trinajstić information content (AvgIpc) is 3.15. The van der Waals surface area contributed by atoms with Crippen molar-refractivity contribution in [2.45, 2.75) is 20.0 Å². The van der Waals surface area contributed by atoms with E-state index in [1.54, 1.807) is 38.8 Å².